The molecule has 7 heteroatoms. The highest BCUT2D eigenvalue weighted by molar-refractivity contribution is 6.04. The van der Waals surface area contributed by atoms with Gasteiger partial charge in [0, 0.05) is 19.6 Å². The van der Waals surface area contributed by atoms with Crippen LogP contribution in [0.1, 0.15) is 23.3 Å². The number of aryl methyl sites for hydroxylation is 1. The third-order valence-corrected chi connectivity index (χ3v) is 3.50. The van der Waals surface area contributed by atoms with Crippen LogP contribution in [-0.2, 0) is 7.05 Å². The second-order valence-electron chi connectivity index (χ2n) is 4.99. The Balaban J connectivity index is 1.87. The van der Waals surface area contributed by atoms with Crippen LogP contribution >= 0.6 is 0 Å². The maximum Gasteiger partial charge on any atom is 0.272 e. The van der Waals surface area contributed by atoms with E-state index in [9.17, 15) is 9.18 Å². The topological polar surface area (TPSA) is 71.8 Å². The molecule has 1 aliphatic heterocycles. The number of carbonyl (C=O) groups excluding carboxylic acids is 1. The number of halogens is 1. The molecule has 2 aromatic rings. The first-order chi connectivity index (χ1) is 9.65. The number of fused-ring (bicyclic) bond motifs is 1. The number of aromatic nitrogens is 3. The molecule has 1 amide bonds. The molecule has 1 atom stereocenters. The van der Waals surface area contributed by atoms with Crippen molar-refractivity contribution in [3.8, 4) is 0 Å². The van der Waals surface area contributed by atoms with E-state index < -0.39 is 5.95 Å². The number of rotatable bonds is 2. The fourth-order valence-corrected chi connectivity index (χ4v) is 2.50. The molecule has 0 aliphatic carbocycles. The average Bonchev–Trinajstić information content (AvgIpc) is 2.77. The molecule has 0 radical (unpaired) electrons. The summed E-state index contributed by atoms with van der Waals surface area (Å²) in [5, 5.41) is 10.9. The maximum absolute atomic E-state index is 13.1. The maximum atomic E-state index is 13.1. The van der Waals surface area contributed by atoms with E-state index >= 15 is 0 Å². The van der Waals surface area contributed by atoms with Crippen LogP contribution in [0.3, 0.4) is 0 Å². The Hall–Kier alpha value is -2.02. The Bertz CT molecular complexity index is 647. The number of nitrogens with zero attached hydrogens (tertiary/aromatic N) is 3. The summed E-state index contributed by atoms with van der Waals surface area (Å²) < 4.78 is 14.6. The van der Waals surface area contributed by atoms with Gasteiger partial charge in [-0.25, -0.2) is 4.68 Å². The molecule has 0 spiro atoms. The number of hydrogen-bond acceptors (Lipinski definition) is 4. The second-order valence-corrected chi connectivity index (χ2v) is 4.99. The molecule has 2 aromatic heterocycles. The van der Waals surface area contributed by atoms with Crippen LogP contribution in [0.15, 0.2) is 12.1 Å². The van der Waals surface area contributed by atoms with Gasteiger partial charge >= 0.3 is 0 Å². The predicted molar refractivity (Wildman–Crippen MR) is 71.8 cm³/mol. The van der Waals surface area contributed by atoms with E-state index in [1.165, 1.54) is 10.7 Å². The first-order valence-corrected chi connectivity index (χ1v) is 6.66. The summed E-state index contributed by atoms with van der Waals surface area (Å²) in [5.74, 6) is -0.818. The molecule has 1 aliphatic rings. The lowest BCUT2D eigenvalue weighted by Gasteiger charge is -2.23. The smallest absolute Gasteiger partial charge is 0.272 e. The van der Waals surface area contributed by atoms with Gasteiger partial charge in [0.25, 0.3) is 5.91 Å². The van der Waals surface area contributed by atoms with Crippen LogP contribution in [0, 0.1) is 5.95 Å². The van der Waals surface area contributed by atoms with Gasteiger partial charge in [-0.05, 0) is 31.5 Å². The van der Waals surface area contributed by atoms with Gasteiger partial charge in [-0.1, -0.05) is 0 Å². The molecule has 6 nitrogen and oxygen atoms in total. The van der Waals surface area contributed by atoms with E-state index in [0.717, 1.165) is 25.9 Å². The van der Waals surface area contributed by atoms with Crippen molar-refractivity contribution < 1.29 is 9.18 Å². The summed E-state index contributed by atoms with van der Waals surface area (Å²) in [7, 11) is 1.65. The quantitative estimate of drug-likeness (QED) is 0.788. The fraction of sp³-hybridized carbons (Fsp3) is 0.462. The van der Waals surface area contributed by atoms with Crippen LogP contribution in [0.2, 0.25) is 0 Å². The molecular weight excluding hydrogens is 261 g/mol. The highest BCUT2D eigenvalue weighted by atomic mass is 19.1. The third-order valence-electron chi connectivity index (χ3n) is 3.50. The molecule has 2 N–H and O–H groups in total. The van der Waals surface area contributed by atoms with Gasteiger partial charge in [-0.2, -0.15) is 14.5 Å². The SMILES string of the molecule is Cn1nc(C(=O)NC2CCCNC2)c2ccc(F)nc21. The molecule has 3 heterocycles. The molecule has 1 saturated heterocycles. The van der Waals surface area contributed by atoms with Crippen LogP contribution in [0.4, 0.5) is 4.39 Å². The van der Waals surface area contributed by atoms with Gasteiger partial charge in [-0.15, -0.1) is 0 Å². The van der Waals surface area contributed by atoms with E-state index in [-0.39, 0.29) is 11.9 Å². The minimum absolute atomic E-state index is 0.113. The Labute approximate surface area is 115 Å². The van der Waals surface area contributed by atoms with Gasteiger partial charge < -0.3 is 10.6 Å². The van der Waals surface area contributed by atoms with Gasteiger partial charge in [0.1, 0.15) is 0 Å². The lowest BCUT2D eigenvalue weighted by molar-refractivity contribution is 0.0926. The molecule has 20 heavy (non-hydrogen) atoms. The van der Waals surface area contributed by atoms with E-state index in [4.69, 9.17) is 0 Å². The van der Waals surface area contributed by atoms with Crippen molar-refractivity contribution >= 4 is 16.9 Å². The molecule has 1 fully saturated rings. The summed E-state index contributed by atoms with van der Waals surface area (Å²) in [6, 6.07) is 2.89. The van der Waals surface area contributed by atoms with Crippen molar-refractivity contribution in [1.29, 1.82) is 0 Å². The number of amides is 1. The summed E-state index contributed by atoms with van der Waals surface area (Å²) in [6.07, 6.45) is 2.00. The number of piperidine rings is 1. The standard InChI is InChI=1S/C13H16FN5O/c1-19-12-9(4-5-10(14)17-12)11(18-19)13(20)16-8-3-2-6-15-7-8/h4-5,8,15H,2-3,6-7H2,1H3,(H,16,20). The summed E-state index contributed by atoms with van der Waals surface area (Å²) in [4.78, 5) is 16.1. The molecular formula is C13H16FN5O. The molecule has 106 valence electrons. The van der Waals surface area contributed by atoms with E-state index in [2.05, 4.69) is 20.7 Å². The van der Waals surface area contributed by atoms with Crippen LogP contribution < -0.4 is 10.6 Å². The number of hydrogen-bond donors (Lipinski definition) is 2. The van der Waals surface area contributed by atoms with Crippen molar-refractivity contribution in [2.45, 2.75) is 18.9 Å². The highest BCUT2D eigenvalue weighted by Crippen LogP contribution is 2.16. The average molecular weight is 277 g/mol. The van der Waals surface area contributed by atoms with Crippen molar-refractivity contribution in [3.63, 3.8) is 0 Å². The van der Waals surface area contributed by atoms with E-state index in [1.807, 2.05) is 0 Å². The third kappa shape index (κ3) is 2.36. The van der Waals surface area contributed by atoms with Crippen molar-refractivity contribution in [2.24, 2.45) is 7.05 Å². The van der Waals surface area contributed by atoms with E-state index in [1.54, 1.807) is 13.1 Å². The first kappa shape index (κ1) is 13.0. The minimum atomic E-state index is -0.580. The zero-order valence-electron chi connectivity index (χ0n) is 11.2. The number of pyridine rings is 1. The van der Waals surface area contributed by atoms with Gasteiger partial charge in [0.2, 0.25) is 5.95 Å². The van der Waals surface area contributed by atoms with Crippen molar-refractivity contribution in [2.75, 3.05) is 13.1 Å². The lowest BCUT2D eigenvalue weighted by Crippen LogP contribution is -2.45. The molecule has 0 saturated carbocycles. The molecule has 1 unspecified atom stereocenters. The van der Waals surface area contributed by atoms with E-state index in [0.29, 0.717) is 16.7 Å². The first-order valence-electron chi connectivity index (χ1n) is 6.66. The van der Waals surface area contributed by atoms with Gasteiger partial charge in [0.05, 0.1) is 5.39 Å². The highest BCUT2D eigenvalue weighted by Gasteiger charge is 2.21. The largest absolute Gasteiger partial charge is 0.347 e. The Kier molecular flexibility index (Phi) is 3.35. The summed E-state index contributed by atoms with van der Waals surface area (Å²) >= 11 is 0. The monoisotopic (exact) mass is 277 g/mol. The fourth-order valence-electron chi connectivity index (χ4n) is 2.50. The van der Waals surface area contributed by atoms with Gasteiger partial charge in [-0.3, -0.25) is 4.79 Å². The molecule has 0 aromatic carbocycles. The Morgan fingerprint density at radius 1 is 1.55 bits per heavy atom. The van der Waals surface area contributed by atoms with Gasteiger partial charge in [0.15, 0.2) is 11.3 Å². The molecule has 3 rings (SSSR count). The normalized spacial score (nSPS) is 19.2. The zero-order valence-corrected chi connectivity index (χ0v) is 11.2. The van der Waals surface area contributed by atoms with Crippen LogP contribution in [-0.4, -0.2) is 39.8 Å². The predicted octanol–water partition coefficient (Wildman–Crippen LogP) is 0.589. The second kappa shape index (κ2) is 5.16. The zero-order chi connectivity index (χ0) is 14.1. The Morgan fingerprint density at radius 3 is 3.15 bits per heavy atom. The number of nitrogens with one attached hydrogen (secondary N) is 2. The number of carbonyl (C=O) groups is 1. The van der Waals surface area contributed by atoms with Crippen LogP contribution in [0.25, 0.3) is 11.0 Å². The van der Waals surface area contributed by atoms with Crippen molar-refractivity contribution in [3.05, 3.63) is 23.8 Å². The van der Waals surface area contributed by atoms with Crippen LogP contribution in [0.5, 0.6) is 0 Å². The lowest BCUT2D eigenvalue weighted by atomic mass is 10.1. The minimum Gasteiger partial charge on any atom is -0.347 e. The Morgan fingerprint density at radius 2 is 2.40 bits per heavy atom. The molecule has 0 bridgehead atoms. The summed E-state index contributed by atoms with van der Waals surface area (Å²) in [5.41, 5.74) is 0.664. The summed E-state index contributed by atoms with van der Waals surface area (Å²) in [6.45, 7) is 1.76. The van der Waals surface area contributed by atoms with Crippen molar-refractivity contribution in [1.82, 2.24) is 25.4 Å².